The van der Waals surface area contributed by atoms with Gasteiger partial charge in [-0.15, -0.1) is 0 Å². The number of amides is 2. The molecule has 2 aliphatic carbocycles. The van der Waals surface area contributed by atoms with Crippen molar-refractivity contribution in [3.8, 4) is 0 Å². The number of hydrogen-bond acceptors (Lipinski definition) is 4. The normalized spacial score (nSPS) is 30.8. The molecule has 124 valence electrons. The molecule has 2 N–H and O–H groups in total. The van der Waals surface area contributed by atoms with E-state index in [9.17, 15) is 19.2 Å². The minimum Gasteiger partial charge on any atom is -0.478 e. The molecule has 0 radical (unpaired) electrons. The average Bonchev–Trinajstić information content (AvgIpc) is 3.21. The van der Waals surface area contributed by atoms with Crippen molar-refractivity contribution in [3.05, 3.63) is 29.3 Å². The van der Waals surface area contributed by atoms with Gasteiger partial charge in [-0.25, -0.2) is 14.5 Å². The van der Waals surface area contributed by atoms with Crippen LogP contribution in [0.3, 0.4) is 0 Å². The SMILES string of the molecule is O=C(O)c1cc(C(=O)O)cc(N2C(=O)[C@@H]3[C@H]4CC[C@@H](C4)[C@H]3C2=O)c1. The van der Waals surface area contributed by atoms with Gasteiger partial charge in [-0.3, -0.25) is 9.59 Å². The molecule has 3 aliphatic rings. The van der Waals surface area contributed by atoms with Crippen LogP contribution in [0.1, 0.15) is 40.0 Å². The highest BCUT2D eigenvalue weighted by molar-refractivity contribution is 6.23. The maximum atomic E-state index is 12.8. The first-order valence-electron chi connectivity index (χ1n) is 7.88. The Morgan fingerprint density at radius 1 is 0.875 bits per heavy atom. The van der Waals surface area contributed by atoms with Crippen molar-refractivity contribution < 1.29 is 29.4 Å². The number of carboxylic acids is 2. The highest BCUT2D eigenvalue weighted by atomic mass is 16.4. The molecular formula is C17H15NO6. The maximum Gasteiger partial charge on any atom is 0.335 e. The molecule has 1 aromatic carbocycles. The Morgan fingerprint density at radius 2 is 1.33 bits per heavy atom. The lowest BCUT2D eigenvalue weighted by Gasteiger charge is -2.19. The summed E-state index contributed by atoms with van der Waals surface area (Å²) in [6, 6.07) is 3.39. The van der Waals surface area contributed by atoms with Crippen molar-refractivity contribution in [2.24, 2.45) is 23.7 Å². The van der Waals surface area contributed by atoms with Crippen molar-refractivity contribution in [2.45, 2.75) is 19.3 Å². The molecule has 2 bridgehead atoms. The summed E-state index contributed by atoms with van der Waals surface area (Å²) >= 11 is 0. The second kappa shape index (κ2) is 4.90. The summed E-state index contributed by atoms with van der Waals surface area (Å²) in [5.41, 5.74) is -0.479. The molecule has 1 saturated heterocycles. The summed E-state index contributed by atoms with van der Waals surface area (Å²) in [6.45, 7) is 0. The van der Waals surface area contributed by atoms with E-state index < -0.39 is 11.9 Å². The van der Waals surface area contributed by atoms with Crippen molar-refractivity contribution in [1.29, 1.82) is 0 Å². The largest absolute Gasteiger partial charge is 0.478 e. The van der Waals surface area contributed by atoms with Gasteiger partial charge in [0.1, 0.15) is 0 Å². The lowest BCUT2D eigenvalue weighted by Crippen LogP contribution is -2.33. The van der Waals surface area contributed by atoms with Gasteiger partial charge in [0.05, 0.1) is 28.7 Å². The molecule has 4 rings (SSSR count). The van der Waals surface area contributed by atoms with Crippen LogP contribution in [0.15, 0.2) is 18.2 Å². The zero-order chi connectivity index (χ0) is 17.2. The predicted octanol–water partition coefficient (Wildman–Crippen LogP) is 1.62. The number of anilines is 1. The number of rotatable bonds is 3. The number of carboxylic acid groups (broad SMARTS) is 2. The van der Waals surface area contributed by atoms with Gasteiger partial charge in [0.15, 0.2) is 0 Å². The Bertz CT molecular complexity index is 740. The molecule has 0 spiro atoms. The Morgan fingerprint density at radius 3 is 1.75 bits per heavy atom. The highest BCUT2D eigenvalue weighted by Crippen LogP contribution is 2.56. The summed E-state index contributed by atoms with van der Waals surface area (Å²) in [4.78, 5) is 49.0. The average molecular weight is 329 g/mol. The molecule has 1 aromatic rings. The van der Waals surface area contributed by atoms with Gasteiger partial charge in [-0.1, -0.05) is 0 Å². The summed E-state index contributed by atoms with van der Waals surface area (Å²) in [7, 11) is 0. The van der Waals surface area contributed by atoms with Crippen molar-refractivity contribution in [2.75, 3.05) is 4.90 Å². The molecule has 2 saturated carbocycles. The van der Waals surface area contributed by atoms with E-state index >= 15 is 0 Å². The fourth-order valence-corrected chi connectivity index (χ4v) is 4.65. The zero-order valence-corrected chi connectivity index (χ0v) is 12.6. The summed E-state index contributed by atoms with van der Waals surface area (Å²) in [5, 5.41) is 18.3. The number of fused-ring (bicyclic) bond motifs is 5. The maximum absolute atomic E-state index is 12.8. The van der Waals surface area contributed by atoms with Crippen molar-refractivity contribution >= 4 is 29.4 Å². The number of benzene rings is 1. The highest BCUT2D eigenvalue weighted by Gasteiger charge is 2.61. The van der Waals surface area contributed by atoms with Gasteiger partial charge in [-0.2, -0.15) is 0 Å². The number of imide groups is 1. The zero-order valence-electron chi connectivity index (χ0n) is 12.6. The topological polar surface area (TPSA) is 112 Å². The summed E-state index contributed by atoms with van der Waals surface area (Å²) < 4.78 is 0. The molecule has 2 amide bonds. The van der Waals surface area contributed by atoms with Gasteiger partial charge < -0.3 is 10.2 Å². The molecule has 1 heterocycles. The Kier molecular flexibility index (Phi) is 3.03. The minimum atomic E-state index is -1.31. The van der Waals surface area contributed by atoms with Crippen LogP contribution >= 0.6 is 0 Å². The van der Waals surface area contributed by atoms with Crippen molar-refractivity contribution in [3.63, 3.8) is 0 Å². The third-order valence-corrected chi connectivity index (χ3v) is 5.60. The first-order chi connectivity index (χ1) is 11.4. The third-order valence-electron chi connectivity index (χ3n) is 5.60. The smallest absolute Gasteiger partial charge is 0.335 e. The summed E-state index contributed by atoms with van der Waals surface area (Å²) in [6.07, 6.45) is 2.78. The molecule has 3 fully saturated rings. The van der Waals surface area contributed by atoms with E-state index in [4.69, 9.17) is 10.2 Å². The molecular weight excluding hydrogens is 314 g/mol. The Balaban J connectivity index is 1.79. The van der Waals surface area contributed by atoms with Gasteiger partial charge in [0.25, 0.3) is 0 Å². The summed E-state index contributed by atoms with van der Waals surface area (Å²) in [5.74, 6) is -3.51. The Labute approximate surface area is 136 Å². The first-order valence-corrected chi connectivity index (χ1v) is 7.88. The van der Waals surface area contributed by atoms with E-state index in [1.807, 2.05) is 0 Å². The van der Waals surface area contributed by atoms with E-state index in [1.165, 1.54) is 12.1 Å². The van der Waals surface area contributed by atoms with Gasteiger partial charge in [0, 0.05) is 0 Å². The third kappa shape index (κ3) is 1.90. The predicted molar refractivity (Wildman–Crippen MR) is 80.7 cm³/mol. The van der Waals surface area contributed by atoms with Crippen molar-refractivity contribution in [1.82, 2.24) is 0 Å². The van der Waals surface area contributed by atoms with Gasteiger partial charge >= 0.3 is 11.9 Å². The molecule has 7 nitrogen and oxygen atoms in total. The number of carbonyl (C=O) groups excluding carboxylic acids is 2. The standard InChI is InChI=1S/C17H15NO6/c19-14-12-7-1-2-8(3-7)13(12)15(20)18(14)11-5-9(16(21)22)4-10(6-11)17(23)24/h4-8,12-13H,1-3H2,(H,21,22)(H,23,24)/t7-,8-,12+,13+/m0/s1. The number of nitrogens with zero attached hydrogens (tertiary/aromatic N) is 1. The fourth-order valence-electron chi connectivity index (χ4n) is 4.65. The first kappa shape index (κ1) is 14.9. The molecule has 24 heavy (non-hydrogen) atoms. The van der Waals surface area contributed by atoms with Crippen LogP contribution in [0.2, 0.25) is 0 Å². The molecule has 7 heteroatoms. The number of aromatic carboxylic acids is 2. The van der Waals surface area contributed by atoms with Gasteiger partial charge in [0.2, 0.25) is 11.8 Å². The van der Waals surface area contributed by atoms with E-state index in [-0.39, 0.29) is 52.3 Å². The molecule has 0 aromatic heterocycles. The molecule has 4 atom stereocenters. The quantitative estimate of drug-likeness (QED) is 0.815. The second-order valence-corrected chi connectivity index (χ2v) is 6.78. The van der Waals surface area contributed by atoms with Gasteiger partial charge in [-0.05, 0) is 49.3 Å². The van der Waals surface area contributed by atoms with E-state index in [0.29, 0.717) is 0 Å². The lowest BCUT2D eigenvalue weighted by molar-refractivity contribution is -0.123. The molecule has 1 aliphatic heterocycles. The number of hydrogen-bond donors (Lipinski definition) is 2. The Hall–Kier alpha value is -2.70. The van der Waals surface area contributed by atoms with Crippen LogP contribution in [0.5, 0.6) is 0 Å². The second-order valence-electron chi connectivity index (χ2n) is 6.78. The lowest BCUT2D eigenvalue weighted by atomic mass is 9.81. The van der Waals surface area contributed by atoms with E-state index in [1.54, 1.807) is 0 Å². The van der Waals surface area contributed by atoms with Crippen LogP contribution in [0.4, 0.5) is 5.69 Å². The fraction of sp³-hybridized carbons (Fsp3) is 0.412. The minimum absolute atomic E-state index is 0.0381. The van der Waals surface area contributed by atoms with E-state index in [2.05, 4.69) is 0 Å². The van der Waals surface area contributed by atoms with Crippen LogP contribution in [0, 0.1) is 23.7 Å². The van der Waals surface area contributed by atoms with Crippen LogP contribution in [-0.2, 0) is 9.59 Å². The van der Waals surface area contributed by atoms with Crippen LogP contribution in [-0.4, -0.2) is 34.0 Å². The molecule has 0 unspecified atom stereocenters. The van der Waals surface area contributed by atoms with Crippen LogP contribution < -0.4 is 4.90 Å². The monoisotopic (exact) mass is 329 g/mol. The van der Waals surface area contributed by atoms with Crippen LogP contribution in [0.25, 0.3) is 0 Å². The van der Waals surface area contributed by atoms with E-state index in [0.717, 1.165) is 30.2 Å². The number of carbonyl (C=O) groups is 4.